The molecule has 1 fully saturated rings. The third-order valence-electron chi connectivity index (χ3n) is 4.35. The predicted octanol–water partition coefficient (Wildman–Crippen LogP) is 2.99. The van der Waals surface area contributed by atoms with Gasteiger partial charge in [0.15, 0.2) is 0 Å². The monoisotopic (exact) mass is 342 g/mol. The number of carbonyl (C=O) groups is 2. The van der Waals surface area contributed by atoms with E-state index < -0.39 is 0 Å². The van der Waals surface area contributed by atoms with Crippen molar-refractivity contribution < 1.29 is 9.59 Å². The Balaban J connectivity index is 1.52. The topological polar surface area (TPSA) is 49.4 Å². The lowest BCUT2D eigenvalue weighted by Crippen LogP contribution is -2.45. The van der Waals surface area contributed by atoms with E-state index in [0.717, 1.165) is 24.8 Å². The van der Waals surface area contributed by atoms with E-state index in [-0.39, 0.29) is 17.9 Å². The highest BCUT2D eigenvalue weighted by atomic mass is 32.1. The fourth-order valence-corrected chi connectivity index (χ4v) is 3.78. The fraction of sp³-hybridized carbons (Fsp3) is 0.368. The van der Waals surface area contributed by atoms with Crippen molar-refractivity contribution in [2.24, 2.45) is 0 Å². The molecule has 1 N–H and O–H groups in total. The van der Waals surface area contributed by atoms with Crippen LogP contribution >= 0.6 is 11.3 Å². The minimum absolute atomic E-state index is 0.0409. The molecule has 5 heteroatoms. The molecule has 3 rings (SSSR count). The first kappa shape index (κ1) is 16.7. The zero-order valence-corrected chi connectivity index (χ0v) is 14.4. The predicted molar refractivity (Wildman–Crippen MR) is 95.7 cm³/mol. The molecule has 1 atom stereocenters. The Morgan fingerprint density at radius 3 is 2.75 bits per heavy atom. The number of aryl methyl sites for hydroxylation is 1. The molecule has 0 aliphatic carbocycles. The summed E-state index contributed by atoms with van der Waals surface area (Å²) in [7, 11) is 0. The maximum absolute atomic E-state index is 12.5. The van der Waals surface area contributed by atoms with Crippen molar-refractivity contribution in [2.45, 2.75) is 38.3 Å². The maximum Gasteiger partial charge on any atom is 0.243 e. The summed E-state index contributed by atoms with van der Waals surface area (Å²) in [6.07, 6.45) is 2.88. The molecule has 1 aromatic carbocycles. The molecule has 1 aliphatic rings. The molecule has 2 heterocycles. The molecule has 4 nitrogen and oxygen atoms in total. The first-order valence-corrected chi connectivity index (χ1v) is 9.25. The van der Waals surface area contributed by atoms with E-state index in [2.05, 4.69) is 5.32 Å². The summed E-state index contributed by atoms with van der Waals surface area (Å²) in [4.78, 5) is 27.9. The van der Waals surface area contributed by atoms with Gasteiger partial charge in [-0.25, -0.2) is 0 Å². The van der Waals surface area contributed by atoms with Crippen LogP contribution in [0.4, 0.5) is 0 Å². The molecule has 0 radical (unpaired) electrons. The van der Waals surface area contributed by atoms with Crippen LogP contribution in [0.3, 0.4) is 0 Å². The molecular formula is C19H22N2O2S. The number of benzene rings is 1. The molecule has 0 bridgehead atoms. The molecule has 2 aromatic rings. The van der Waals surface area contributed by atoms with Gasteiger partial charge in [-0.2, -0.15) is 0 Å². The van der Waals surface area contributed by atoms with E-state index in [1.165, 1.54) is 4.88 Å². The van der Waals surface area contributed by atoms with Crippen LogP contribution in [-0.2, 0) is 22.6 Å². The Bertz CT molecular complexity index is 670. The van der Waals surface area contributed by atoms with Crippen LogP contribution in [0.2, 0.25) is 0 Å². The van der Waals surface area contributed by atoms with Gasteiger partial charge in [-0.1, -0.05) is 36.4 Å². The van der Waals surface area contributed by atoms with Crippen LogP contribution in [-0.4, -0.2) is 29.3 Å². The summed E-state index contributed by atoms with van der Waals surface area (Å²) >= 11 is 1.67. The summed E-state index contributed by atoms with van der Waals surface area (Å²) in [5.74, 6) is 0.0431. The third kappa shape index (κ3) is 4.23. The molecule has 1 aromatic heterocycles. The standard InChI is InChI=1S/C19H22N2O2S/c22-18(11-10-16-8-5-13-24-16)21-12-4-9-17(21)19(23)20-14-15-6-2-1-3-7-15/h1-3,5-8,13,17H,4,9-12,14H2,(H,20,23)/t17-/m0/s1. The summed E-state index contributed by atoms with van der Waals surface area (Å²) in [5, 5.41) is 4.99. The minimum Gasteiger partial charge on any atom is -0.350 e. The van der Waals surface area contributed by atoms with Crippen molar-refractivity contribution in [1.29, 1.82) is 0 Å². The number of likely N-dealkylation sites (tertiary alicyclic amines) is 1. The number of amides is 2. The van der Waals surface area contributed by atoms with Crippen LogP contribution in [0, 0.1) is 0 Å². The van der Waals surface area contributed by atoms with Crippen molar-refractivity contribution in [3.8, 4) is 0 Å². The largest absolute Gasteiger partial charge is 0.350 e. The number of nitrogens with zero attached hydrogens (tertiary/aromatic N) is 1. The normalized spacial score (nSPS) is 17.0. The van der Waals surface area contributed by atoms with Crippen LogP contribution in [0.25, 0.3) is 0 Å². The van der Waals surface area contributed by atoms with Gasteiger partial charge >= 0.3 is 0 Å². The Kier molecular flexibility index (Phi) is 5.64. The van der Waals surface area contributed by atoms with E-state index in [1.54, 1.807) is 16.2 Å². The van der Waals surface area contributed by atoms with Crippen molar-refractivity contribution >= 4 is 23.2 Å². The zero-order chi connectivity index (χ0) is 16.8. The van der Waals surface area contributed by atoms with Crippen LogP contribution in [0.15, 0.2) is 47.8 Å². The van der Waals surface area contributed by atoms with Gasteiger partial charge in [0.2, 0.25) is 11.8 Å². The highest BCUT2D eigenvalue weighted by molar-refractivity contribution is 7.09. The maximum atomic E-state index is 12.5. The quantitative estimate of drug-likeness (QED) is 0.877. The summed E-state index contributed by atoms with van der Waals surface area (Å²) in [5.41, 5.74) is 1.07. The molecule has 24 heavy (non-hydrogen) atoms. The smallest absolute Gasteiger partial charge is 0.243 e. The second-order valence-corrected chi connectivity index (χ2v) is 7.06. The van der Waals surface area contributed by atoms with E-state index in [0.29, 0.717) is 19.5 Å². The number of carbonyl (C=O) groups excluding carboxylic acids is 2. The second-order valence-electron chi connectivity index (χ2n) is 6.03. The molecule has 126 valence electrons. The Morgan fingerprint density at radius 1 is 1.17 bits per heavy atom. The molecular weight excluding hydrogens is 320 g/mol. The lowest BCUT2D eigenvalue weighted by molar-refractivity contribution is -0.138. The van der Waals surface area contributed by atoms with Gasteiger partial charge in [-0.3, -0.25) is 9.59 Å². The first-order chi connectivity index (χ1) is 11.7. The van der Waals surface area contributed by atoms with Gasteiger partial charge in [0, 0.05) is 24.4 Å². The number of rotatable bonds is 6. The van der Waals surface area contributed by atoms with E-state index >= 15 is 0 Å². The van der Waals surface area contributed by atoms with Crippen LogP contribution < -0.4 is 5.32 Å². The van der Waals surface area contributed by atoms with Crippen molar-refractivity contribution in [3.05, 3.63) is 58.3 Å². The van der Waals surface area contributed by atoms with Crippen LogP contribution in [0.5, 0.6) is 0 Å². The number of thiophene rings is 1. The summed E-state index contributed by atoms with van der Waals surface area (Å²) < 4.78 is 0. The van der Waals surface area contributed by atoms with E-state index in [9.17, 15) is 9.59 Å². The number of hydrogen-bond donors (Lipinski definition) is 1. The van der Waals surface area contributed by atoms with Crippen LogP contribution in [0.1, 0.15) is 29.7 Å². The average molecular weight is 342 g/mol. The van der Waals surface area contributed by atoms with Crippen molar-refractivity contribution in [1.82, 2.24) is 10.2 Å². The van der Waals surface area contributed by atoms with Gasteiger partial charge in [0.05, 0.1) is 0 Å². The highest BCUT2D eigenvalue weighted by Gasteiger charge is 2.33. The van der Waals surface area contributed by atoms with Crippen molar-refractivity contribution in [3.63, 3.8) is 0 Å². The minimum atomic E-state index is -0.315. The average Bonchev–Trinajstić information content (AvgIpc) is 3.30. The molecule has 1 aliphatic heterocycles. The summed E-state index contributed by atoms with van der Waals surface area (Å²) in [6.45, 7) is 1.19. The lowest BCUT2D eigenvalue weighted by Gasteiger charge is -2.24. The summed E-state index contributed by atoms with van der Waals surface area (Å²) in [6, 6.07) is 13.6. The SMILES string of the molecule is O=C(NCc1ccccc1)[C@@H]1CCCN1C(=O)CCc1cccs1. The lowest BCUT2D eigenvalue weighted by atomic mass is 10.1. The Hall–Kier alpha value is -2.14. The number of nitrogens with one attached hydrogen (secondary N) is 1. The molecule has 0 spiro atoms. The second kappa shape index (κ2) is 8.11. The molecule has 1 saturated heterocycles. The van der Waals surface area contributed by atoms with E-state index in [1.807, 2.05) is 47.8 Å². The zero-order valence-electron chi connectivity index (χ0n) is 13.6. The molecule has 2 amide bonds. The van der Waals surface area contributed by atoms with Gasteiger partial charge in [0.25, 0.3) is 0 Å². The Morgan fingerprint density at radius 2 is 2.00 bits per heavy atom. The highest BCUT2D eigenvalue weighted by Crippen LogP contribution is 2.20. The third-order valence-corrected chi connectivity index (χ3v) is 5.29. The van der Waals surface area contributed by atoms with Gasteiger partial charge in [-0.05, 0) is 36.3 Å². The van der Waals surface area contributed by atoms with Gasteiger partial charge < -0.3 is 10.2 Å². The Labute approximate surface area is 146 Å². The van der Waals surface area contributed by atoms with E-state index in [4.69, 9.17) is 0 Å². The van der Waals surface area contributed by atoms with Gasteiger partial charge in [0.1, 0.15) is 6.04 Å². The number of hydrogen-bond acceptors (Lipinski definition) is 3. The van der Waals surface area contributed by atoms with Gasteiger partial charge in [-0.15, -0.1) is 11.3 Å². The first-order valence-electron chi connectivity index (χ1n) is 8.37. The van der Waals surface area contributed by atoms with Crippen molar-refractivity contribution in [2.75, 3.05) is 6.54 Å². The fourth-order valence-electron chi connectivity index (χ4n) is 3.07. The molecule has 0 unspecified atom stereocenters. The molecule has 0 saturated carbocycles.